The SMILES string of the molecule is O=C(O)COc1ccc(C=c2sc(=CC(=O)c3ccc(Cl)cc3)[nH]c2=O)cc1. The summed E-state index contributed by atoms with van der Waals surface area (Å²) in [5.41, 5.74) is 0.915. The van der Waals surface area contributed by atoms with Gasteiger partial charge in [-0.25, -0.2) is 4.79 Å². The van der Waals surface area contributed by atoms with Gasteiger partial charge in [-0.15, -0.1) is 11.3 Å². The fourth-order valence-electron chi connectivity index (χ4n) is 2.30. The number of thiazole rings is 1. The first-order valence-corrected chi connectivity index (χ1v) is 9.27. The predicted octanol–water partition coefficient (Wildman–Crippen LogP) is 2.05. The van der Waals surface area contributed by atoms with E-state index in [-0.39, 0.29) is 11.3 Å². The average Bonchev–Trinajstić information content (AvgIpc) is 3.00. The Hall–Kier alpha value is -3.16. The number of H-pyrrole nitrogens is 1. The number of aromatic amines is 1. The van der Waals surface area contributed by atoms with Crippen molar-refractivity contribution in [2.24, 2.45) is 0 Å². The second-order valence-corrected chi connectivity index (χ2v) is 7.22. The molecule has 0 amide bonds. The fourth-order valence-corrected chi connectivity index (χ4v) is 3.31. The lowest BCUT2D eigenvalue weighted by molar-refractivity contribution is -0.139. The maximum absolute atomic E-state index is 12.3. The third-order valence-corrected chi connectivity index (χ3v) is 4.83. The first kappa shape index (κ1) is 19.6. The predicted molar refractivity (Wildman–Crippen MR) is 108 cm³/mol. The summed E-state index contributed by atoms with van der Waals surface area (Å²) in [6.45, 7) is -0.422. The quantitative estimate of drug-likeness (QED) is 0.600. The number of hydrogen-bond donors (Lipinski definition) is 2. The van der Waals surface area contributed by atoms with Gasteiger partial charge < -0.3 is 14.8 Å². The molecule has 0 atom stereocenters. The van der Waals surface area contributed by atoms with Crippen LogP contribution in [0.15, 0.2) is 53.3 Å². The highest BCUT2D eigenvalue weighted by molar-refractivity contribution is 7.07. The maximum atomic E-state index is 12.3. The van der Waals surface area contributed by atoms with E-state index in [2.05, 4.69) is 4.98 Å². The lowest BCUT2D eigenvalue weighted by Crippen LogP contribution is -2.20. The van der Waals surface area contributed by atoms with E-state index >= 15 is 0 Å². The van der Waals surface area contributed by atoms with Gasteiger partial charge in [-0.2, -0.15) is 0 Å². The summed E-state index contributed by atoms with van der Waals surface area (Å²) in [7, 11) is 0. The number of carboxylic acid groups (broad SMARTS) is 1. The summed E-state index contributed by atoms with van der Waals surface area (Å²) in [6.07, 6.45) is 3.05. The van der Waals surface area contributed by atoms with Gasteiger partial charge in [-0.3, -0.25) is 9.59 Å². The van der Waals surface area contributed by atoms with Crippen LogP contribution in [0.2, 0.25) is 5.02 Å². The van der Waals surface area contributed by atoms with Crippen molar-refractivity contribution in [1.82, 2.24) is 4.98 Å². The zero-order valence-corrected chi connectivity index (χ0v) is 15.9. The van der Waals surface area contributed by atoms with Crippen molar-refractivity contribution in [3.63, 3.8) is 0 Å². The molecule has 3 rings (SSSR count). The van der Waals surface area contributed by atoms with Crippen LogP contribution in [0.3, 0.4) is 0 Å². The average molecular weight is 416 g/mol. The van der Waals surface area contributed by atoms with E-state index in [1.54, 1.807) is 54.6 Å². The van der Waals surface area contributed by atoms with Gasteiger partial charge in [-0.05, 0) is 48.0 Å². The minimum Gasteiger partial charge on any atom is -0.482 e. The molecule has 28 heavy (non-hydrogen) atoms. The highest BCUT2D eigenvalue weighted by Crippen LogP contribution is 2.12. The second kappa shape index (κ2) is 8.69. The molecule has 0 saturated heterocycles. The number of rotatable bonds is 6. The number of halogens is 1. The molecular weight excluding hydrogens is 402 g/mol. The van der Waals surface area contributed by atoms with Gasteiger partial charge in [0.2, 0.25) is 0 Å². The molecule has 0 aliphatic heterocycles. The standard InChI is InChI=1S/C20H14ClNO5S/c21-14-5-3-13(4-6-14)16(23)10-18-22-20(26)17(28-18)9-12-1-7-15(8-2-12)27-11-19(24)25/h1-10H,11H2,(H,22,26)(H,24,25). The molecule has 0 spiro atoms. The van der Waals surface area contributed by atoms with E-state index in [1.807, 2.05) is 0 Å². The topological polar surface area (TPSA) is 96.5 Å². The fraction of sp³-hybridized carbons (Fsp3) is 0.0500. The first-order valence-electron chi connectivity index (χ1n) is 8.08. The smallest absolute Gasteiger partial charge is 0.341 e. The zero-order valence-electron chi connectivity index (χ0n) is 14.3. The van der Waals surface area contributed by atoms with Gasteiger partial charge in [0.25, 0.3) is 5.56 Å². The number of aliphatic carboxylic acids is 1. The lowest BCUT2D eigenvalue weighted by Gasteiger charge is -2.02. The third-order valence-electron chi connectivity index (χ3n) is 3.61. The van der Waals surface area contributed by atoms with Gasteiger partial charge in [0.1, 0.15) is 5.75 Å². The summed E-state index contributed by atoms with van der Waals surface area (Å²) in [5.74, 6) is -0.874. The van der Waals surface area contributed by atoms with E-state index in [0.29, 0.717) is 25.5 Å². The van der Waals surface area contributed by atoms with E-state index in [0.717, 1.165) is 16.9 Å². The summed E-state index contributed by atoms with van der Waals surface area (Å²) in [5, 5.41) is 9.14. The van der Waals surface area contributed by atoms with Crippen molar-refractivity contribution in [3.05, 3.63) is 84.2 Å². The number of carboxylic acids is 1. The van der Waals surface area contributed by atoms with E-state index < -0.39 is 12.6 Å². The second-order valence-electron chi connectivity index (χ2n) is 5.70. The van der Waals surface area contributed by atoms with Crippen molar-refractivity contribution in [3.8, 4) is 5.75 Å². The first-order chi connectivity index (χ1) is 13.4. The van der Waals surface area contributed by atoms with Crippen LogP contribution in [0.4, 0.5) is 0 Å². The van der Waals surface area contributed by atoms with Crippen LogP contribution in [-0.4, -0.2) is 28.4 Å². The Labute approximate surface area is 168 Å². The van der Waals surface area contributed by atoms with E-state index in [4.69, 9.17) is 21.4 Å². The van der Waals surface area contributed by atoms with Crippen molar-refractivity contribution >= 4 is 46.8 Å². The Bertz CT molecular complexity index is 1180. The molecule has 2 N–H and O–H groups in total. The largest absolute Gasteiger partial charge is 0.482 e. The molecule has 0 aliphatic rings. The summed E-state index contributed by atoms with van der Waals surface area (Å²) < 4.78 is 5.95. The summed E-state index contributed by atoms with van der Waals surface area (Å²) in [6, 6.07) is 13.1. The zero-order chi connectivity index (χ0) is 20.1. The molecule has 3 aromatic rings. The third kappa shape index (κ3) is 5.18. The number of nitrogens with one attached hydrogen (secondary N) is 1. The molecular formula is C20H14ClNO5S. The molecule has 8 heteroatoms. The highest BCUT2D eigenvalue weighted by Gasteiger charge is 2.04. The number of ether oxygens (including phenoxy) is 1. The molecule has 0 bridgehead atoms. The molecule has 6 nitrogen and oxygen atoms in total. The number of carbonyl (C=O) groups excluding carboxylic acids is 1. The number of carbonyl (C=O) groups is 2. The van der Waals surface area contributed by atoms with Crippen LogP contribution in [0.25, 0.3) is 12.2 Å². The Kier molecular flexibility index (Phi) is 6.08. The lowest BCUT2D eigenvalue weighted by atomic mass is 10.1. The van der Waals surface area contributed by atoms with Crippen LogP contribution >= 0.6 is 22.9 Å². The molecule has 0 aliphatic carbocycles. The molecule has 1 heterocycles. The highest BCUT2D eigenvalue weighted by atomic mass is 35.5. The Morgan fingerprint density at radius 1 is 1.11 bits per heavy atom. The molecule has 0 saturated carbocycles. The number of benzene rings is 2. The van der Waals surface area contributed by atoms with Gasteiger partial charge >= 0.3 is 5.97 Å². The van der Waals surface area contributed by atoms with Gasteiger partial charge in [0.05, 0.1) is 9.20 Å². The molecule has 0 fully saturated rings. The number of ketones is 1. The van der Waals surface area contributed by atoms with Crippen molar-refractivity contribution < 1.29 is 19.4 Å². The van der Waals surface area contributed by atoms with E-state index in [1.165, 1.54) is 6.08 Å². The molecule has 142 valence electrons. The van der Waals surface area contributed by atoms with Crippen LogP contribution in [-0.2, 0) is 4.79 Å². The minimum atomic E-state index is -1.06. The summed E-state index contributed by atoms with van der Waals surface area (Å²) in [4.78, 5) is 37.6. The molecule has 0 unspecified atom stereocenters. The van der Waals surface area contributed by atoms with E-state index in [9.17, 15) is 14.4 Å². The van der Waals surface area contributed by atoms with Crippen LogP contribution in [0.5, 0.6) is 5.75 Å². The molecule has 0 radical (unpaired) electrons. The molecule has 1 aromatic heterocycles. The van der Waals surface area contributed by atoms with Crippen molar-refractivity contribution in [2.75, 3.05) is 6.61 Å². The minimum absolute atomic E-state index is 0.236. The van der Waals surface area contributed by atoms with Crippen molar-refractivity contribution in [2.45, 2.75) is 0 Å². The van der Waals surface area contributed by atoms with Crippen molar-refractivity contribution in [1.29, 1.82) is 0 Å². The van der Waals surface area contributed by atoms with Crippen LogP contribution in [0.1, 0.15) is 15.9 Å². The van der Waals surface area contributed by atoms with Gasteiger partial charge in [0, 0.05) is 16.7 Å². The van der Waals surface area contributed by atoms with Gasteiger partial charge in [-0.1, -0.05) is 23.7 Å². The Balaban J connectivity index is 1.83. The Morgan fingerprint density at radius 2 is 1.79 bits per heavy atom. The normalized spacial score (nSPS) is 12.2. The Morgan fingerprint density at radius 3 is 2.43 bits per heavy atom. The maximum Gasteiger partial charge on any atom is 0.341 e. The monoisotopic (exact) mass is 415 g/mol. The van der Waals surface area contributed by atoms with Crippen LogP contribution < -0.4 is 19.5 Å². The van der Waals surface area contributed by atoms with Gasteiger partial charge in [0.15, 0.2) is 12.4 Å². The molecule has 2 aromatic carbocycles. The number of aromatic nitrogens is 1. The van der Waals surface area contributed by atoms with Crippen LogP contribution in [0, 0.1) is 0 Å². The summed E-state index contributed by atoms with van der Waals surface area (Å²) >= 11 is 6.98. The number of hydrogen-bond acceptors (Lipinski definition) is 5. The number of Topliss-reactive ketones (excluding diaryl/α,β-unsaturated/α-hetero) is 1.